The van der Waals surface area contributed by atoms with Gasteiger partial charge in [0.05, 0.1) is 12.1 Å². The Morgan fingerprint density at radius 3 is 2.15 bits per heavy atom. The van der Waals surface area contributed by atoms with E-state index in [9.17, 15) is 9.50 Å². The molecule has 0 aliphatic rings. The van der Waals surface area contributed by atoms with Crippen LogP contribution in [0, 0.1) is 5.82 Å². The lowest BCUT2D eigenvalue weighted by Gasteiger charge is -2.19. The molecule has 0 saturated heterocycles. The Balaban J connectivity index is 2.35. The van der Waals surface area contributed by atoms with Crippen LogP contribution in [0.2, 0.25) is 0 Å². The first-order valence-electron chi connectivity index (χ1n) is 5.85. The summed E-state index contributed by atoms with van der Waals surface area (Å²) in [4.78, 5) is 2.76. The number of hydrogen-bond donors (Lipinski definition) is 1. The summed E-state index contributed by atoms with van der Waals surface area (Å²) in [6.45, 7) is 0. The van der Waals surface area contributed by atoms with Crippen LogP contribution in [0.1, 0.15) is 23.3 Å². The van der Waals surface area contributed by atoms with Gasteiger partial charge < -0.3 is 5.11 Å². The summed E-state index contributed by atoms with van der Waals surface area (Å²) in [7, 11) is 0. The first-order chi connectivity index (χ1) is 9.61. The van der Waals surface area contributed by atoms with Gasteiger partial charge in [-0.1, -0.05) is 45.3 Å². The maximum Gasteiger partial charge on any atom is 0.123 e. The molecule has 0 aliphatic carbocycles. The lowest BCUT2D eigenvalue weighted by molar-refractivity contribution is 0.147. The molecule has 0 heterocycles. The Kier molecular flexibility index (Phi) is 4.74. The Labute approximate surface area is 123 Å². The Morgan fingerprint density at radius 2 is 1.60 bits per heavy atom. The van der Waals surface area contributed by atoms with E-state index in [1.807, 2.05) is 0 Å². The normalized spacial score (nSPS) is 13.3. The third kappa shape index (κ3) is 3.36. The highest BCUT2D eigenvalue weighted by Crippen LogP contribution is 2.32. The van der Waals surface area contributed by atoms with Crippen molar-refractivity contribution in [2.24, 2.45) is 5.11 Å². The maximum atomic E-state index is 12.9. The van der Waals surface area contributed by atoms with Crippen LogP contribution >= 0.6 is 15.9 Å². The number of nitrogens with zero attached hydrogens (tertiary/aromatic N) is 3. The van der Waals surface area contributed by atoms with Crippen molar-refractivity contribution in [1.29, 1.82) is 0 Å². The third-order valence-electron chi connectivity index (χ3n) is 2.90. The molecule has 2 aromatic rings. The fraction of sp³-hybridized carbons (Fsp3) is 0.143. The largest absolute Gasteiger partial charge is 0.388 e. The predicted octanol–water partition coefficient (Wildman–Crippen LogP) is 4.67. The molecule has 6 heteroatoms. The van der Waals surface area contributed by atoms with E-state index in [1.165, 1.54) is 24.3 Å². The Morgan fingerprint density at radius 1 is 1.05 bits per heavy atom. The van der Waals surface area contributed by atoms with Crippen molar-refractivity contribution in [2.75, 3.05) is 0 Å². The van der Waals surface area contributed by atoms with E-state index in [0.717, 1.165) is 4.47 Å². The van der Waals surface area contributed by atoms with E-state index >= 15 is 0 Å². The molecule has 0 spiro atoms. The molecule has 0 bridgehead atoms. The molecule has 0 aromatic heterocycles. The molecule has 1 N–H and O–H groups in total. The summed E-state index contributed by atoms with van der Waals surface area (Å²) in [5, 5.41) is 14.0. The van der Waals surface area contributed by atoms with Crippen molar-refractivity contribution in [1.82, 2.24) is 0 Å². The molecular formula is C14H11BrFN3O. The van der Waals surface area contributed by atoms with Gasteiger partial charge in [0, 0.05) is 9.38 Å². The second-order valence-electron chi connectivity index (χ2n) is 4.20. The Bertz CT molecular complexity index is 624. The fourth-order valence-corrected chi connectivity index (χ4v) is 2.13. The van der Waals surface area contributed by atoms with Gasteiger partial charge in [0.25, 0.3) is 0 Å². The van der Waals surface area contributed by atoms with Crippen LogP contribution in [0.4, 0.5) is 4.39 Å². The number of aliphatic hydroxyl groups is 1. The first kappa shape index (κ1) is 14.5. The van der Waals surface area contributed by atoms with Gasteiger partial charge in [0.1, 0.15) is 5.82 Å². The van der Waals surface area contributed by atoms with Crippen LogP contribution in [-0.2, 0) is 0 Å². The minimum atomic E-state index is -0.996. The highest BCUT2D eigenvalue weighted by atomic mass is 79.9. The molecule has 0 saturated carbocycles. The zero-order valence-electron chi connectivity index (χ0n) is 10.3. The summed E-state index contributed by atoms with van der Waals surface area (Å²) >= 11 is 3.31. The number of halogens is 2. The summed E-state index contributed by atoms with van der Waals surface area (Å²) < 4.78 is 13.8. The molecule has 2 rings (SSSR count). The lowest BCUT2D eigenvalue weighted by Crippen LogP contribution is -2.08. The molecule has 2 aromatic carbocycles. The van der Waals surface area contributed by atoms with Gasteiger partial charge in [-0.25, -0.2) is 4.39 Å². The smallest absolute Gasteiger partial charge is 0.123 e. The van der Waals surface area contributed by atoms with E-state index in [0.29, 0.717) is 11.1 Å². The van der Waals surface area contributed by atoms with E-state index in [1.54, 1.807) is 24.3 Å². The van der Waals surface area contributed by atoms with Crippen LogP contribution in [0.15, 0.2) is 58.1 Å². The summed E-state index contributed by atoms with van der Waals surface area (Å²) in [6, 6.07) is 11.8. The van der Waals surface area contributed by atoms with Gasteiger partial charge in [0.15, 0.2) is 0 Å². The number of azide groups is 1. The first-order valence-corrected chi connectivity index (χ1v) is 6.64. The van der Waals surface area contributed by atoms with Crippen molar-refractivity contribution in [3.63, 3.8) is 0 Å². The van der Waals surface area contributed by atoms with Gasteiger partial charge >= 0.3 is 0 Å². The van der Waals surface area contributed by atoms with Crippen molar-refractivity contribution in [2.45, 2.75) is 12.1 Å². The second kappa shape index (κ2) is 6.52. The van der Waals surface area contributed by atoms with E-state index in [2.05, 4.69) is 26.0 Å². The molecule has 0 radical (unpaired) electrons. The van der Waals surface area contributed by atoms with Crippen molar-refractivity contribution < 1.29 is 9.50 Å². The van der Waals surface area contributed by atoms with E-state index in [4.69, 9.17) is 5.53 Å². The number of benzene rings is 2. The average Bonchev–Trinajstić information content (AvgIpc) is 2.46. The molecule has 0 amide bonds. The van der Waals surface area contributed by atoms with Crippen LogP contribution in [0.5, 0.6) is 0 Å². The number of rotatable bonds is 4. The fourth-order valence-electron chi connectivity index (χ4n) is 1.87. The zero-order chi connectivity index (χ0) is 14.5. The van der Waals surface area contributed by atoms with Crippen LogP contribution in [0.3, 0.4) is 0 Å². The highest BCUT2D eigenvalue weighted by Gasteiger charge is 2.21. The molecule has 2 atom stereocenters. The molecule has 102 valence electrons. The molecule has 0 fully saturated rings. The summed E-state index contributed by atoms with van der Waals surface area (Å²) in [6.07, 6.45) is -0.996. The summed E-state index contributed by atoms with van der Waals surface area (Å²) in [5.41, 5.74) is 9.83. The lowest BCUT2D eigenvalue weighted by atomic mass is 9.96. The van der Waals surface area contributed by atoms with Crippen LogP contribution in [0.25, 0.3) is 10.4 Å². The zero-order valence-corrected chi connectivity index (χ0v) is 11.9. The SMILES string of the molecule is [N-]=[N+]=N[C@@H](c1ccc(F)cc1)[C@H](O)c1ccc(Br)cc1. The van der Waals surface area contributed by atoms with Crippen molar-refractivity contribution in [3.8, 4) is 0 Å². The van der Waals surface area contributed by atoms with Gasteiger partial charge in [-0.2, -0.15) is 0 Å². The van der Waals surface area contributed by atoms with Crippen molar-refractivity contribution >= 4 is 15.9 Å². The standard InChI is InChI=1S/C14H11BrFN3O/c15-11-5-1-10(2-6-11)14(20)13(18-19-17)9-3-7-12(16)8-4-9/h1-8,13-14,20H/t13-,14+/m0/s1. The second-order valence-corrected chi connectivity index (χ2v) is 5.11. The van der Waals surface area contributed by atoms with Gasteiger partial charge in [-0.05, 0) is 40.9 Å². The average molecular weight is 336 g/mol. The predicted molar refractivity (Wildman–Crippen MR) is 77.4 cm³/mol. The van der Waals surface area contributed by atoms with E-state index in [-0.39, 0.29) is 5.82 Å². The number of hydrogen-bond acceptors (Lipinski definition) is 2. The van der Waals surface area contributed by atoms with Crippen molar-refractivity contribution in [3.05, 3.63) is 80.4 Å². The quantitative estimate of drug-likeness (QED) is 0.492. The van der Waals surface area contributed by atoms with Gasteiger partial charge in [-0.15, -0.1) is 0 Å². The maximum absolute atomic E-state index is 12.9. The topological polar surface area (TPSA) is 69.0 Å². The van der Waals surface area contributed by atoms with Crippen LogP contribution < -0.4 is 0 Å². The molecule has 20 heavy (non-hydrogen) atoms. The van der Waals surface area contributed by atoms with E-state index < -0.39 is 12.1 Å². The molecule has 0 unspecified atom stereocenters. The minimum absolute atomic E-state index is 0.383. The minimum Gasteiger partial charge on any atom is -0.388 e. The van der Waals surface area contributed by atoms with Gasteiger partial charge in [-0.3, -0.25) is 0 Å². The monoisotopic (exact) mass is 335 g/mol. The van der Waals surface area contributed by atoms with Gasteiger partial charge in [0.2, 0.25) is 0 Å². The number of aliphatic hydroxyl groups excluding tert-OH is 1. The van der Waals surface area contributed by atoms with Crippen LogP contribution in [-0.4, -0.2) is 5.11 Å². The third-order valence-corrected chi connectivity index (χ3v) is 3.43. The Hall–Kier alpha value is -1.88. The molecule has 4 nitrogen and oxygen atoms in total. The molecule has 0 aliphatic heterocycles. The summed E-state index contributed by atoms with van der Waals surface area (Å²) in [5.74, 6) is -0.383. The highest BCUT2D eigenvalue weighted by molar-refractivity contribution is 9.10. The molecular weight excluding hydrogens is 325 g/mol.